The molecule has 3 rings (SSSR count). The van der Waals surface area contributed by atoms with Crippen molar-refractivity contribution in [3.63, 3.8) is 0 Å². The summed E-state index contributed by atoms with van der Waals surface area (Å²) in [5, 5.41) is 1.58. The Hall–Kier alpha value is -2.10. The fourth-order valence-electron chi connectivity index (χ4n) is 3.47. The van der Waals surface area contributed by atoms with Crippen LogP contribution in [0.15, 0.2) is 41.3 Å². The Morgan fingerprint density at radius 2 is 1.82 bits per heavy atom. The van der Waals surface area contributed by atoms with E-state index < -0.39 is 0 Å². The molecule has 1 aliphatic rings. The summed E-state index contributed by atoms with van der Waals surface area (Å²) in [6.45, 7) is 6.08. The third kappa shape index (κ3) is 2.91. The molecule has 2 aromatic rings. The van der Waals surface area contributed by atoms with Crippen LogP contribution in [0.5, 0.6) is 0 Å². The number of hydrogen-bond acceptors (Lipinski definition) is 2. The number of likely N-dealkylation sites (tertiary alicyclic amines) is 1. The van der Waals surface area contributed by atoms with E-state index in [2.05, 4.69) is 13.8 Å². The lowest BCUT2D eigenvalue weighted by Crippen LogP contribution is -2.44. The standard InChI is InChI=1S/C18H22N2O2/c1-13-9-14(2)11-20(10-13)17(21)12-19-8-7-15-5-3-4-6-16(15)18(19)22/h3-8,13-14H,9-12H2,1-2H3/t13-,14+. The van der Waals surface area contributed by atoms with Crippen molar-refractivity contribution in [3.05, 3.63) is 46.9 Å². The zero-order valence-electron chi connectivity index (χ0n) is 13.2. The van der Waals surface area contributed by atoms with Crippen molar-refractivity contribution in [2.24, 2.45) is 11.8 Å². The second-order valence-corrected chi connectivity index (χ2v) is 6.58. The first kappa shape index (κ1) is 14.8. The second-order valence-electron chi connectivity index (χ2n) is 6.58. The summed E-state index contributed by atoms with van der Waals surface area (Å²) < 4.78 is 1.52. The first-order valence-corrected chi connectivity index (χ1v) is 7.90. The Kier molecular flexibility index (Phi) is 4.01. The maximum atomic E-state index is 12.5. The molecule has 116 valence electrons. The summed E-state index contributed by atoms with van der Waals surface area (Å²) in [5.74, 6) is 1.10. The van der Waals surface area contributed by atoms with Crippen LogP contribution in [0.25, 0.3) is 10.8 Å². The Morgan fingerprint density at radius 1 is 1.14 bits per heavy atom. The number of carbonyl (C=O) groups excluding carboxylic acids is 1. The van der Waals surface area contributed by atoms with Gasteiger partial charge in [-0.2, -0.15) is 0 Å². The molecule has 1 fully saturated rings. The summed E-state index contributed by atoms with van der Waals surface area (Å²) >= 11 is 0. The highest BCUT2D eigenvalue weighted by Gasteiger charge is 2.25. The van der Waals surface area contributed by atoms with Gasteiger partial charge in [0.2, 0.25) is 5.91 Å². The predicted molar refractivity (Wildman–Crippen MR) is 87.7 cm³/mol. The minimum atomic E-state index is -0.0930. The van der Waals surface area contributed by atoms with Crippen LogP contribution < -0.4 is 5.56 Å². The third-order valence-corrected chi connectivity index (χ3v) is 4.41. The van der Waals surface area contributed by atoms with Crippen LogP contribution >= 0.6 is 0 Å². The topological polar surface area (TPSA) is 42.3 Å². The number of hydrogen-bond donors (Lipinski definition) is 0. The average molecular weight is 298 g/mol. The van der Waals surface area contributed by atoms with Crippen molar-refractivity contribution < 1.29 is 4.79 Å². The van der Waals surface area contributed by atoms with Crippen molar-refractivity contribution in [1.82, 2.24) is 9.47 Å². The van der Waals surface area contributed by atoms with Gasteiger partial charge in [0, 0.05) is 24.7 Å². The van der Waals surface area contributed by atoms with Crippen LogP contribution in [0, 0.1) is 11.8 Å². The first-order valence-electron chi connectivity index (χ1n) is 7.90. The van der Waals surface area contributed by atoms with Gasteiger partial charge < -0.3 is 9.47 Å². The Balaban J connectivity index is 1.82. The molecule has 22 heavy (non-hydrogen) atoms. The van der Waals surface area contributed by atoms with Crippen molar-refractivity contribution in [1.29, 1.82) is 0 Å². The molecule has 0 bridgehead atoms. The van der Waals surface area contributed by atoms with Gasteiger partial charge in [0.05, 0.1) is 0 Å². The van der Waals surface area contributed by atoms with Crippen molar-refractivity contribution in [2.45, 2.75) is 26.8 Å². The molecule has 0 saturated carbocycles. The van der Waals surface area contributed by atoms with Gasteiger partial charge in [0.1, 0.15) is 6.54 Å². The van der Waals surface area contributed by atoms with Crippen LogP contribution in [-0.4, -0.2) is 28.5 Å². The SMILES string of the molecule is C[C@@H]1C[C@H](C)CN(C(=O)Cn2ccc3ccccc3c2=O)C1. The highest BCUT2D eigenvalue weighted by molar-refractivity contribution is 5.82. The molecule has 0 aliphatic carbocycles. The zero-order chi connectivity index (χ0) is 15.7. The molecule has 2 atom stereocenters. The molecule has 4 heteroatoms. The van der Waals surface area contributed by atoms with Gasteiger partial charge in [-0.05, 0) is 35.8 Å². The van der Waals surface area contributed by atoms with E-state index in [1.54, 1.807) is 6.20 Å². The first-order chi connectivity index (χ1) is 10.5. The number of pyridine rings is 1. The van der Waals surface area contributed by atoms with Crippen LogP contribution in [0.2, 0.25) is 0 Å². The van der Waals surface area contributed by atoms with E-state index in [0.717, 1.165) is 18.5 Å². The summed E-state index contributed by atoms with van der Waals surface area (Å²) in [7, 11) is 0. The minimum Gasteiger partial charge on any atom is -0.341 e. The van der Waals surface area contributed by atoms with E-state index in [1.165, 1.54) is 11.0 Å². The molecule has 1 aromatic heterocycles. The van der Waals surface area contributed by atoms with Gasteiger partial charge in [0.15, 0.2) is 0 Å². The number of fused-ring (bicyclic) bond motifs is 1. The van der Waals surface area contributed by atoms with Gasteiger partial charge >= 0.3 is 0 Å². The van der Waals surface area contributed by atoms with Crippen LogP contribution in [0.1, 0.15) is 20.3 Å². The molecule has 4 nitrogen and oxygen atoms in total. The van der Waals surface area contributed by atoms with Crippen molar-refractivity contribution in [3.8, 4) is 0 Å². The van der Waals surface area contributed by atoms with Gasteiger partial charge in [-0.15, -0.1) is 0 Å². The molecular weight excluding hydrogens is 276 g/mol. The minimum absolute atomic E-state index is 0.0378. The highest BCUT2D eigenvalue weighted by Crippen LogP contribution is 2.21. The van der Waals surface area contributed by atoms with Gasteiger partial charge in [-0.3, -0.25) is 9.59 Å². The van der Waals surface area contributed by atoms with Crippen molar-refractivity contribution in [2.75, 3.05) is 13.1 Å². The smallest absolute Gasteiger partial charge is 0.258 e. The highest BCUT2D eigenvalue weighted by atomic mass is 16.2. The number of rotatable bonds is 2. The van der Waals surface area contributed by atoms with Gasteiger partial charge in [-0.1, -0.05) is 32.0 Å². The summed E-state index contributed by atoms with van der Waals surface area (Å²) in [6.07, 6.45) is 2.89. The Labute approximate surface area is 130 Å². The lowest BCUT2D eigenvalue weighted by molar-refractivity contribution is -0.134. The van der Waals surface area contributed by atoms with Gasteiger partial charge in [0.25, 0.3) is 5.56 Å². The number of carbonyl (C=O) groups is 1. The fraction of sp³-hybridized carbons (Fsp3) is 0.444. The van der Waals surface area contributed by atoms with E-state index >= 15 is 0 Å². The molecule has 1 saturated heterocycles. The van der Waals surface area contributed by atoms with E-state index in [4.69, 9.17) is 0 Å². The van der Waals surface area contributed by atoms with E-state index in [9.17, 15) is 9.59 Å². The molecule has 0 radical (unpaired) electrons. The normalized spacial score (nSPS) is 22.0. The Bertz CT molecular complexity index is 740. The number of benzene rings is 1. The number of aromatic nitrogens is 1. The van der Waals surface area contributed by atoms with Crippen molar-refractivity contribution >= 4 is 16.7 Å². The molecule has 0 spiro atoms. The maximum absolute atomic E-state index is 12.5. The summed E-state index contributed by atoms with van der Waals surface area (Å²) in [5.41, 5.74) is -0.0930. The van der Waals surface area contributed by atoms with E-state index in [0.29, 0.717) is 17.2 Å². The third-order valence-electron chi connectivity index (χ3n) is 4.41. The number of amides is 1. The lowest BCUT2D eigenvalue weighted by Gasteiger charge is -2.35. The lowest BCUT2D eigenvalue weighted by atomic mass is 9.92. The number of piperidine rings is 1. The maximum Gasteiger partial charge on any atom is 0.258 e. The monoisotopic (exact) mass is 298 g/mol. The van der Waals surface area contributed by atoms with Crippen LogP contribution in [0.4, 0.5) is 0 Å². The quantitative estimate of drug-likeness (QED) is 0.855. The molecule has 0 unspecified atom stereocenters. The zero-order valence-corrected chi connectivity index (χ0v) is 13.2. The fourth-order valence-corrected chi connectivity index (χ4v) is 3.47. The van der Waals surface area contributed by atoms with E-state index in [1.807, 2.05) is 35.2 Å². The molecule has 1 aromatic carbocycles. The molecule has 1 aliphatic heterocycles. The van der Waals surface area contributed by atoms with Gasteiger partial charge in [-0.25, -0.2) is 0 Å². The second kappa shape index (κ2) is 5.95. The predicted octanol–water partition coefficient (Wildman–Crippen LogP) is 2.51. The summed E-state index contributed by atoms with van der Waals surface area (Å²) in [6, 6.07) is 9.38. The molecular formula is C18H22N2O2. The molecule has 1 amide bonds. The molecule has 0 N–H and O–H groups in total. The van der Waals surface area contributed by atoms with Crippen LogP contribution in [0.3, 0.4) is 0 Å². The average Bonchev–Trinajstić information content (AvgIpc) is 2.49. The van der Waals surface area contributed by atoms with Crippen LogP contribution in [-0.2, 0) is 11.3 Å². The Morgan fingerprint density at radius 3 is 2.55 bits per heavy atom. The number of nitrogens with zero attached hydrogens (tertiary/aromatic N) is 2. The molecule has 2 heterocycles. The van der Waals surface area contributed by atoms with E-state index in [-0.39, 0.29) is 18.0 Å². The summed E-state index contributed by atoms with van der Waals surface area (Å²) in [4.78, 5) is 26.9. The largest absolute Gasteiger partial charge is 0.341 e.